The van der Waals surface area contributed by atoms with Gasteiger partial charge in [-0.25, -0.2) is 14.6 Å². The molecule has 0 bridgehead atoms. The average molecular weight is 622 g/mol. The number of hydrogen-bond acceptors (Lipinski definition) is 9. The minimum absolute atomic E-state index is 0.0122. The number of nitrogens with one attached hydrogen (secondary N) is 3. The van der Waals surface area contributed by atoms with Crippen molar-refractivity contribution >= 4 is 41.4 Å². The highest BCUT2D eigenvalue weighted by molar-refractivity contribution is 7.99. The number of benzene rings is 2. The molecular weight excluding hydrogens is 586 g/mol. The fourth-order valence-corrected chi connectivity index (χ4v) is 5.71. The lowest BCUT2D eigenvalue weighted by molar-refractivity contribution is -0.158. The maximum absolute atomic E-state index is 13.8. The third kappa shape index (κ3) is 9.17. The highest BCUT2D eigenvalue weighted by Crippen LogP contribution is 2.23. The lowest BCUT2D eigenvalue weighted by Crippen LogP contribution is -2.57. The van der Waals surface area contributed by atoms with Crippen LogP contribution in [0.2, 0.25) is 0 Å². The number of carbonyl (C=O) groups is 5. The summed E-state index contributed by atoms with van der Waals surface area (Å²) in [5, 5.41) is 5.32. The number of carbonyl (C=O) groups excluding carboxylic acids is 5. The van der Waals surface area contributed by atoms with E-state index in [0.29, 0.717) is 5.69 Å². The fourth-order valence-electron chi connectivity index (χ4n) is 4.54. The molecule has 1 fully saturated rings. The van der Waals surface area contributed by atoms with Gasteiger partial charge in [-0.05, 0) is 25.0 Å². The first-order chi connectivity index (χ1) is 21.2. The van der Waals surface area contributed by atoms with Crippen LogP contribution in [0.3, 0.4) is 0 Å². The molecule has 0 unspecified atom stereocenters. The van der Waals surface area contributed by atoms with Crippen molar-refractivity contribution in [1.82, 2.24) is 25.5 Å². The molecule has 1 aliphatic heterocycles. The number of alkyl carbamates (subject to hydrolysis) is 1. The van der Waals surface area contributed by atoms with Gasteiger partial charge in [0.2, 0.25) is 11.8 Å². The van der Waals surface area contributed by atoms with Crippen molar-refractivity contribution in [3.63, 3.8) is 0 Å². The summed E-state index contributed by atoms with van der Waals surface area (Å²) in [7, 11) is 0. The molecular formula is C31H35N5O7S. The highest BCUT2D eigenvalue weighted by atomic mass is 32.2. The van der Waals surface area contributed by atoms with Crippen LogP contribution in [0.25, 0.3) is 0 Å². The van der Waals surface area contributed by atoms with E-state index in [-0.39, 0.29) is 31.1 Å². The number of nitrogens with zero attached hydrogens (tertiary/aromatic N) is 2. The summed E-state index contributed by atoms with van der Waals surface area (Å²) in [6.07, 6.45) is 1.82. The molecule has 3 atom stereocenters. The normalized spacial score (nSPS) is 15.7. The summed E-state index contributed by atoms with van der Waals surface area (Å²) in [4.78, 5) is 74.0. The second kappa shape index (κ2) is 15.7. The zero-order chi connectivity index (χ0) is 31.5. The lowest BCUT2D eigenvalue weighted by atomic mass is 10.0. The van der Waals surface area contributed by atoms with E-state index in [1.54, 1.807) is 38.1 Å². The van der Waals surface area contributed by atoms with Crippen LogP contribution >= 0.6 is 11.8 Å². The maximum atomic E-state index is 13.8. The maximum Gasteiger partial charge on any atom is 0.408 e. The van der Waals surface area contributed by atoms with E-state index in [1.165, 1.54) is 29.2 Å². The molecule has 1 aromatic heterocycles. The van der Waals surface area contributed by atoms with Crippen molar-refractivity contribution in [2.75, 3.05) is 11.6 Å². The van der Waals surface area contributed by atoms with Crippen LogP contribution in [0.1, 0.15) is 30.7 Å². The topological polar surface area (TPSA) is 160 Å². The Bertz CT molecular complexity index is 1420. The van der Waals surface area contributed by atoms with Gasteiger partial charge in [-0.3, -0.25) is 14.4 Å². The summed E-state index contributed by atoms with van der Waals surface area (Å²) in [6, 6.07) is 14.8. The highest BCUT2D eigenvalue weighted by Gasteiger charge is 2.40. The van der Waals surface area contributed by atoms with Crippen molar-refractivity contribution in [2.45, 2.75) is 57.5 Å². The first-order valence-corrected chi connectivity index (χ1v) is 15.3. The van der Waals surface area contributed by atoms with Gasteiger partial charge in [-0.15, -0.1) is 11.8 Å². The van der Waals surface area contributed by atoms with Gasteiger partial charge in [-0.2, -0.15) is 0 Å². The third-order valence-electron chi connectivity index (χ3n) is 6.71. The summed E-state index contributed by atoms with van der Waals surface area (Å²) < 4.78 is 10.4. The predicted octanol–water partition coefficient (Wildman–Crippen LogP) is 2.40. The van der Waals surface area contributed by atoms with Gasteiger partial charge in [0.1, 0.15) is 24.7 Å². The number of amides is 3. The monoisotopic (exact) mass is 621 g/mol. The van der Waals surface area contributed by atoms with Crippen molar-refractivity contribution in [3.05, 3.63) is 90.0 Å². The zero-order valence-corrected chi connectivity index (χ0v) is 25.3. The summed E-state index contributed by atoms with van der Waals surface area (Å²) in [5.41, 5.74) is 2.11. The van der Waals surface area contributed by atoms with Crippen LogP contribution in [0, 0.1) is 0 Å². The van der Waals surface area contributed by atoms with Crippen molar-refractivity contribution in [1.29, 1.82) is 0 Å². The standard InChI is InChI=1S/C31H35N5O7S/c1-20(2)43-30(40)27(37)24(13-21-9-5-3-6-10-21)34-28(38)26-17-44-19-36(26)29(39)25(14-23-15-32-18-33-23)35-31(41)42-16-22-11-7-4-8-12-22/h3-12,15,18,20,24-26H,13-14,16-17,19H2,1-2H3,(H,32,33)(H,34,38)(H,35,41)/t24-,25-,26-/m0/s1. The Morgan fingerprint density at radius 2 is 1.64 bits per heavy atom. The number of thioether (sulfide) groups is 1. The number of Topliss-reactive ketones (excluding diaryl/α,β-unsaturated/α-hetero) is 1. The van der Waals surface area contributed by atoms with Crippen LogP contribution in [0.5, 0.6) is 0 Å². The number of ketones is 1. The van der Waals surface area contributed by atoms with E-state index in [4.69, 9.17) is 9.47 Å². The molecule has 3 amide bonds. The second-order valence-corrected chi connectivity index (χ2v) is 11.4. The van der Waals surface area contributed by atoms with Gasteiger partial charge in [0.15, 0.2) is 0 Å². The lowest BCUT2D eigenvalue weighted by Gasteiger charge is -2.29. The molecule has 1 aliphatic rings. The molecule has 232 valence electrons. The molecule has 0 saturated carbocycles. The van der Waals surface area contributed by atoms with Crippen LogP contribution in [0.15, 0.2) is 73.2 Å². The zero-order valence-electron chi connectivity index (χ0n) is 24.4. The van der Waals surface area contributed by atoms with Gasteiger partial charge in [0.25, 0.3) is 5.78 Å². The van der Waals surface area contributed by atoms with Gasteiger partial charge >= 0.3 is 12.1 Å². The summed E-state index contributed by atoms with van der Waals surface area (Å²) in [5.74, 6) is -2.60. The first-order valence-electron chi connectivity index (χ1n) is 14.1. The van der Waals surface area contributed by atoms with Gasteiger partial charge in [0.05, 0.1) is 18.3 Å². The first kappa shape index (κ1) is 32.3. The van der Waals surface area contributed by atoms with E-state index in [0.717, 1.165) is 11.1 Å². The quantitative estimate of drug-likeness (QED) is 0.192. The molecule has 0 radical (unpaired) electrons. The second-order valence-electron chi connectivity index (χ2n) is 10.4. The summed E-state index contributed by atoms with van der Waals surface area (Å²) in [6.45, 7) is 3.26. The van der Waals surface area contributed by atoms with Crippen LogP contribution < -0.4 is 10.6 Å². The van der Waals surface area contributed by atoms with Gasteiger partial charge < -0.3 is 30.0 Å². The Kier molecular flexibility index (Phi) is 11.5. The number of H-pyrrole nitrogens is 1. The van der Waals surface area contributed by atoms with Crippen molar-refractivity contribution in [2.24, 2.45) is 0 Å². The smallest absolute Gasteiger partial charge is 0.408 e. The molecule has 3 N–H and O–H groups in total. The third-order valence-corrected chi connectivity index (χ3v) is 7.72. The Labute approximate surface area is 259 Å². The van der Waals surface area contributed by atoms with E-state index in [9.17, 15) is 24.0 Å². The van der Waals surface area contributed by atoms with Crippen molar-refractivity contribution in [3.8, 4) is 0 Å². The van der Waals surface area contributed by atoms with Crippen LogP contribution in [0.4, 0.5) is 4.79 Å². The molecule has 44 heavy (non-hydrogen) atoms. The Hall–Kier alpha value is -4.65. The van der Waals surface area contributed by atoms with Gasteiger partial charge in [0, 0.05) is 30.5 Å². The Morgan fingerprint density at radius 3 is 2.27 bits per heavy atom. The number of aromatic nitrogens is 2. The van der Waals surface area contributed by atoms with Crippen LogP contribution in [-0.2, 0) is 48.1 Å². The van der Waals surface area contributed by atoms with E-state index in [1.807, 2.05) is 36.4 Å². The number of esters is 1. The number of ether oxygens (including phenoxy) is 2. The van der Waals surface area contributed by atoms with Crippen molar-refractivity contribution < 1.29 is 33.4 Å². The van der Waals surface area contributed by atoms with Crippen LogP contribution in [-0.4, -0.2) is 80.4 Å². The van der Waals surface area contributed by atoms with Gasteiger partial charge in [-0.1, -0.05) is 60.7 Å². The SMILES string of the molecule is CC(C)OC(=O)C(=O)[C@H](Cc1ccccc1)NC(=O)[C@@H]1CSCN1C(=O)[C@H](Cc1cnc[nH]1)NC(=O)OCc1ccccc1. The Balaban J connectivity index is 1.47. The average Bonchev–Trinajstić information content (AvgIpc) is 3.72. The minimum atomic E-state index is -1.20. The number of rotatable bonds is 13. The molecule has 4 rings (SSSR count). The number of aromatic amines is 1. The molecule has 3 aromatic rings. The molecule has 1 saturated heterocycles. The molecule has 2 heterocycles. The Morgan fingerprint density at radius 1 is 0.955 bits per heavy atom. The number of hydrogen-bond donors (Lipinski definition) is 3. The van der Waals surface area contributed by atoms with E-state index >= 15 is 0 Å². The largest absolute Gasteiger partial charge is 0.457 e. The molecule has 2 aromatic carbocycles. The fraction of sp³-hybridized carbons (Fsp3) is 0.355. The molecule has 12 nitrogen and oxygen atoms in total. The van der Waals surface area contributed by atoms with E-state index in [2.05, 4.69) is 20.6 Å². The predicted molar refractivity (Wildman–Crippen MR) is 162 cm³/mol. The summed E-state index contributed by atoms with van der Waals surface area (Å²) >= 11 is 1.36. The molecule has 0 aliphatic carbocycles. The molecule has 13 heteroatoms. The minimum Gasteiger partial charge on any atom is -0.457 e. The number of imidazole rings is 1. The van der Waals surface area contributed by atoms with E-state index < -0.39 is 53.9 Å². The molecule has 0 spiro atoms.